The number of rotatable bonds is 3. The van der Waals surface area contributed by atoms with Crippen LogP contribution in [0.5, 0.6) is 0 Å². The lowest BCUT2D eigenvalue weighted by atomic mass is 10.1. The Kier molecular flexibility index (Phi) is 4.09. The molecule has 1 aromatic heterocycles. The fraction of sp³-hybridized carbons (Fsp3) is 0.273. The molecule has 0 N–H and O–H groups in total. The highest BCUT2D eigenvalue weighted by atomic mass is 16.2. The molecule has 0 spiro atoms. The van der Waals surface area contributed by atoms with Crippen LogP contribution in [0, 0.1) is 6.92 Å². The SMILES string of the molecule is Cc1ccc(-c2nnc3n2C2C(C(=O)N(C)C(=O)N2C)N3Cc2ccccc2)cc1. The van der Waals surface area contributed by atoms with Crippen LogP contribution in [0.1, 0.15) is 17.3 Å². The number of urea groups is 1. The van der Waals surface area contributed by atoms with Crippen LogP contribution in [-0.2, 0) is 11.3 Å². The van der Waals surface area contributed by atoms with Crippen LogP contribution in [0.4, 0.5) is 10.7 Å². The van der Waals surface area contributed by atoms with E-state index in [2.05, 4.69) is 10.2 Å². The van der Waals surface area contributed by atoms with E-state index < -0.39 is 12.2 Å². The van der Waals surface area contributed by atoms with Gasteiger partial charge in [-0.25, -0.2) is 4.79 Å². The Morgan fingerprint density at radius 1 is 0.933 bits per heavy atom. The molecule has 2 aromatic carbocycles. The molecule has 3 heterocycles. The molecular weight excluding hydrogens is 380 g/mol. The van der Waals surface area contributed by atoms with Crippen molar-refractivity contribution in [2.75, 3.05) is 19.0 Å². The van der Waals surface area contributed by atoms with Gasteiger partial charge in [0.05, 0.1) is 0 Å². The molecule has 3 aromatic rings. The second-order valence-electron chi connectivity index (χ2n) is 7.82. The fourth-order valence-corrected chi connectivity index (χ4v) is 4.29. The summed E-state index contributed by atoms with van der Waals surface area (Å²) in [6, 6.07) is 17.0. The second kappa shape index (κ2) is 6.69. The standard InChI is InChI=1S/C22H22N6O2/c1-14-9-11-16(12-10-14)18-23-24-21-27(13-15-7-5-4-6-8-15)17-19(28(18)21)25(2)22(30)26(3)20(17)29/h4-12,17,19H,13H2,1-3H3. The monoisotopic (exact) mass is 402 g/mol. The highest BCUT2D eigenvalue weighted by molar-refractivity contribution is 6.02. The molecule has 2 atom stereocenters. The highest BCUT2D eigenvalue weighted by Gasteiger charge is 2.54. The van der Waals surface area contributed by atoms with Crippen molar-refractivity contribution in [3.63, 3.8) is 0 Å². The predicted molar refractivity (Wildman–Crippen MR) is 112 cm³/mol. The molecule has 30 heavy (non-hydrogen) atoms. The van der Waals surface area contributed by atoms with Gasteiger partial charge in [0.1, 0.15) is 6.17 Å². The zero-order valence-electron chi connectivity index (χ0n) is 17.1. The Balaban J connectivity index is 1.66. The number of aryl methyl sites for hydroxylation is 1. The minimum absolute atomic E-state index is 0.237. The third-order valence-electron chi connectivity index (χ3n) is 5.89. The number of hydrogen-bond acceptors (Lipinski definition) is 5. The van der Waals surface area contributed by atoms with Crippen LogP contribution in [0.15, 0.2) is 54.6 Å². The number of carbonyl (C=O) groups is 2. The summed E-state index contributed by atoms with van der Waals surface area (Å²) in [6.07, 6.45) is -0.508. The number of fused-ring (bicyclic) bond motifs is 3. The van der Waals surface area contributed by atoms with Crippen molar-refractivity contribution in [1.29, 1.82) is 0 Å². The maximum atomic E-state index is 13.2. The number of carbonyl (C=O) groups excluding carboxylic acids is 2. The number of likely N-dealkylation sites (N-methyl/N-ethyl adjacent to an activating group) is 2. The summed E-state index contributed by atoms with van der Waals surface area (Å²) < 4.78 is 1.92. The van der Waals surface area contributed by atoms with Crippen LogP contribution < -0.4 is 4.90 Å². The minimum Gasteiger partial charge on any atom is -0.321 e. The van der Waals surface area contributed by atoms with Crippen LogP contribution in [0.3, 0.4) is 0 Å². The van der Waals surface area contributed by atoms with Gasteiger partial charge in [0, 0.05) is 26.2 Å². The normalized spacial score (nSPS) is 20.6. The van der Waals surface area contributed by atoms with Gasteiger partial charge in [-0.3, -0.25) is 14.3 Å². The molecule has 1 saturated heterocycles. The number of anilines is 1. The lowest BCUT2D eigenvalue weighted by Crippen LogP contribution is -2.61. The first kappa shape index (κ1) is 18.4. The summed E-state index contributed by atoms with van der Waals surface area (Å²) in [5.41, 5.74) is 3.09. The molecule has 0 saturated carbocycles. The molecule has 2 aliphatic heterocycles. The molecule has 1 fully saturated rings. The van der Waals surface area contributed by atoms with E-state index in [0.29, 0.717) is 18.3 Å². The zero-order chi connectivity index (χ0) is 21.0. The molecule has 0 bridgehead atoms. The smallest absolute Gasteiger partial charge is 0.321 e. The third-order valence-corrected chi connectivity index (χ3v) is 5.89. The van der Waals surface area contributed by atoms with E-state index in [9.17, 15) is 9.59 Å². The van der Waals surface area contributed by atoms with E-state index >= 15 is 0 Å². The number of amides is 3. The Hall–Kier alpha value is -3.68. The number of nitrogens with zero attached hydrogens (tertiary/aromatic N) is 6. The van der Waals surface area contributed by atoms with Crippen LogP contribution in [0.2, 0.25) is 0 Å². The molecule has 8 heteroatoms. The molecule has 2 unspecified atom stereocenters. The number of hydrogen-bond donors (Lipinski definition) is 0. The molecule has 5 rings (SSSR count). The Labute approximate surface area is 174 Å². The Morgan fingerprint density at radius 3 is 2.33 bits per heavy atom. The van der Waals surface area contributed by atoms with Crippen LogP contribution in [-0.4, -0.2) is 56.6 Å². The number of benzene rings is 2. The van der Waals surface area contributed by atoms with Crippen molar-refractivity contribution in [2.24, 2.45) is 0 Å². The van der Waals surface area contributed by atoms with Gasteiger partial charge in [-0.1, -0.05) is 60.2 Å². The topological polar surface area (TPSA) is 74.6 Å². The molecule has 0 radical (unpaired) electrons. The van der Waals surface area contributed by atoms with E-state index in [1.54, 1.807) is 11.9 Å². The van der Waals surface area contributed by atoms with Crippen LogP contribution >= 0.6 is 0 Å². The van der Waals surface area contributed by atoms with Gasteiger partial charge in [0.2, 0.25) is 5.95 Å². The van der Waals surface area contributed by atoms with Crippen molar-refractivity contribution in [1.82, 2.24) is 24.6 Å². The summed E-state index contributed by atoms with van der Waals surface area (Å²) in [6.45, 7) is 2.52. The van der Waals surface area contributed by atoms with Gasteiger partial charge in [-0.05, 0) is 12.5 Å². The van der Waals surface area contributed by atoms with Crippen molar-refractivity contribution < 1.29 is 9.59 Å². The van der Waals surface area contributed by atoms with E-state index in [0.717, 1.165) is 16.7 Å². The summed E-state index contributed by atoms with van der Waals surface area (Å²) in [4.78, 5) is 30.7. The van der Waals surface area contributed by atoms with E-state index in [1.807, 2.05) is 71.0 Å². The maximum Gasteiger partial charge on any atom is 0.327 e. The number of aromatic nitrogens is 3. The van der Waals surface area contributed by atoms with Crippen molar-refractivity contribution in [3.05, 3.63) is 65.7 Å². The molecular formula is C22H22N6O2. The van der Waals surface area contributed by atoms with Gasteiger partial charge in [-0.15, -0.1) is 10.2 Å². The summed E-state index contributed by atoms with van der Waals surface area (Å²) in [5, 5.41) is 8.88. The lowest BCUT2D eigenvalue weighted by molar-refractivity contribution is -0.133. The Morgan fingerprint density at radius 2 is 1.63 bits per heavy atom. The van der Waals surface area contributed by atoms with Gasteiger partial charge >= 0.3 is 6.03 Å². The van der Waals surface area contributed by atoms with Gasteiger partial charge in [0.25, 0.3) is 5.91 Å². The van der Waals surface area contributed by atoms with Gasteiger partial charge in [0.15, 0.2) is 11.9 Å². The zero-order valence-corrected chi connectivity index (χ0v) is 17.1. The first-order chi connectivity index (χ1) is 14.5. The fourth-order valence-electron chi connectivity index (χ4n) is 4.29. The average molecular weight is 402 g/mol. The van der Waals surface area contributed by atoms with E-state index in [4.69, 9.17) is 0 Å². The van der Waals surface area contributed by atoms with E-state index in [1.165, 1.54) is 11.9 Å². The molecule has 3 amide bonds. The van der Waals surface area contributed by atoms with E-state index in [-0.39, 0.29) is 11.9 Å². The minimum atomic E-state index is -0.562. The first-order valence-corrected chi connectivity index (χ1v) is 9.84. The average Bonchev–Trinajstić information content (AvgIpc) is 3.31. The highest BCUT2D eigenvalue weighted by Crippen LogP contribution is 2.42. The van der Waals surface area contributed by atoms with Gasteiger partial charge < -0.3 is 9.80 Å². The maximum absolute atomic E-state index is 13.2. The van der Waals surface area contributed by atoms with Crippen molar-refractivity contribution in [2.45, 2.75) is 25.7 Å². The number of imide groups is 1. The summed E-state index contributed by atoms with van der Waals surface area (Å²) >= 11 is 0. The third kappa shape index (κ3) is 2.60. The summed E-state index contributed by atoms with van der Waals surface area (Å²) in [5.74, 6) is 1.000. The van der Waals surface area contributed by atoms with Crippen molar-refractivity contribution in [3.8, 4) is 11.4 Å². The Bertz CT molecular complexity index is 1120. The first-order valence-electron chi connectivity index (χ1n) is 9.84. The lowest BCUT2D eigenvalue weighted by Gasteiger charge is -2.40. The quantitative estimate of drug-likeness (QED) is 0.673. The molecule has 0 aliphatic carbocycles. The summed E-state index contributed by atoms with van der Waals surface area (Å²) in [7, 11) is 3.25. The largest absolute Gasteiger partial charge is 0.327 e. The predicted octanol–water partition coefficient (Wildman–Crippen LogP) is 2.66. The van der Waals surface area contributed by atoms with Crippen molar-refractivity contribution >= 4 is 17.9 Å². The molecule has 152 valence electrons. The second-order valence-corrected chi connectivity index (χ2v) is 7.82. The van der Waals surface area contributed by atoms with Gasteiger partial charge in [-0.2, -0.15) is 0 Å². The molecule has 2 aliphatic rings. The van der Waals surface area contributed by atoms with Crippen LogP contribution in [0.25, 0.3) is 11.4 Å². The molecule has 8 nitrogen and oxygen atoms in total.